The first-order chi connectivity index (χ1) is 20.7. The van der Waals surface area contributed by atoms with Crippen LogP contribution in [0.2, 0.25) is 0 Å². The summed E-state index contributed by atoms with van der Waals surface area (Å²) in [6, 6.07) is 35.7. The highest BCUT2D eigenvalue weighted by atomic mass is 16.7. The lowest BCUT2D eigenvalue weighted by Crippen LogP contribution is -2.47. The molecule has 0 amide bonds. The van der Waals surface area contributed by atoms with Crippen molar-refractivity contribution in [2.45, 2.75) is 33.5 Å². The number of ether oxygens (including phenoxy) is 2. The van der Waals surface area contributed by atoms with E-state index in [1.165, 1.54) is 0 Å². The molecule has 0 saturated carbocycles. The summed E-state index contributed by atoms with van der Waals surface area (Å²) in [5.74, 6) is 0.0293. The second-order valence-corrected chi connectivity index (χ2v) is 12.9. The Hall–Kier alpha value is -3.55. The summed E-state index contributed by atoms with van der Waals surface area (Å²) in [6.07, 6.45) is 0. The van der Waals surface area contributed by atoms with Crippen molar-refractivity contribution < 1.29 is 28.1 Å². The van der Waals surface area contributed by atoms with Crippen LogP contribution in [-0.2, 0) is 24.4 Å². The number of hydrogen-bond acceptors (Lipinski definition) is 6. The van der Waals surface area contributed by atoms with Crippen molar-refractivity contribution in [3.05, 3.63) is 120 Å². The smallest absolute Gasteiger partial charge is 0.444 e. The van der Waals surface area contributed by atoms with Gasteiger partial charge in [-0.2, -0.15) is 0 Å². The normalized spacial score (nSPS) is 18.2. The van der Waals surface area contributed by atoms with Crippen LogP contribution in [0, 0.1) is 10.8 Å². The van der Waals surface area contributed by atoms with E-state index in [1.54, 1.807) is 0 Å². The zero-order valence-electron chi connectivity index (χ0n) is 25.3. The summed E-state index contributed by atoms with van der Waals surface area (Å²) in [6.45, 7) is 11.1. The van der Waals surface area contributed by atoms with Gasteiger partial charge in [-0.15, -0.1) is 0 Å². The lowest BCUT2D eigenvalue weighted by molar-refractivity contribution is -0.0843. The maximum Gasteiger partial charge on any atom is 0.493 e. The van der Waals surface area contributed by atoms with Crippen LogP contribution in [-0.4, -0.2) is 40.7 Å². The van der Waals surface area contributed by atoms with E-state index in [0.29, 0.717) is 37.9 Å². The fourth-order valence-corrected chi connectivity index (χ4v) is 5.23. The molecule has 0 spiro atoms. The maximum atomic E-state index is 6.87. The third-order valence-electron chi connectivity index (χ3n) is 7.64. The third-order valence-corrected chi connectivity index (χ3v) is 7.64. The van der Waals surface area contributed by atoms with Crippen LogP contribution in [0.15, 0.2) is 109 Å². The Kier molecular flexibility index (Phi) is 8.38. The molecule has 0 atom stereocenters. The SMILES string of the molecule is CC1(C)COB(c2ccc(OC(Oc3ccc(B4OCC(C)(C)CO4)cc3)(c3ccccc3)c3ccccc3)cc2)OC1. The molecule has 4 aromatic carbocycles. The lowest BCUT2D eigenvalue weighted by atomic mass is 9.76. The molecule has 2 fully saturated rings. The van der Waals surface area contributed by atoms with Gasteiger partial charge in [-0.25, -0.2) is 0 Å². The largest absolute Gasteiger partial charge is 0.493 e. The van der Waals surface area contributed by atoms with Gasteiger partial charge >= 0.3 is 20.0 Å². The molecule has 2 heterocycles. The lowest BCUT2D eigenvalue weighted by Gasteiger charge is -2.36. The van der Waals surface area contributed by atoms with Gasteiger partial charge < -0.3 is 28.1 Å². The second-order valence-electron chi connectivity index (χ2n) is 12.9. The first-order valence-electron chi connectivity index (χ1n) is 14.9. The van der Waals surface area contributed by atoms with Gasteiger partial charge in [-0.3, -0.25) is 0 Å². The third kappa shape index (κ3) is 6.84. The molecule has 0 aliphatic carbocycles. The van der Waals surface area contributed by atoms with Gasteiger partial charge in [0.1, 0.15) is 11.5 Å². The summed E-state index contributed by atoms with van der Waals surface area (Å²) >= 11 is 0. The Labute approximate surface area is 255 Å². The molecule has 220 valence electrons. The molecule has 2 aliphatic rings. The zero-order chi connectivity index (χ0) is 29.9. The van der Waals surface area contributed by atoms with Crippen LogP contribution in [0.3, 0.4) is 0 Å². The van der Waals surface area contributed by atoms with Crippen molar-refractivity contribution in [1.82, 2.24) is 0 Å². The predicted octanol–water partition coefficient (Wildman–Crippen LogP) is 5.58. The molecule has 6 rings (SSSR count). The van der Waals surface area contributed by atoms with E-state index in [9.17, 15) is 0 Å². The topological polar surface area (TPSA) is 55.4 Å². The minimum Gasteiger partial charge on any atom is -0.444 e. The molecule has 0 unspecified atom stereocenters. The molecule has 2 aliphatic heterocycles. The number of benzene rings is 4. The van der Waals surface area contributed by atoms with E-state index >= 15 is 0 Å². The van der Waals surface area contributed by atoms with Crippen LogP contribution < -0.4 is 20.4 Å². The Balaban J connectivity index is 1.30. The van der Waals surface area contributed by atoms with E-state index < -0.39 is 20.0 Å². The van der Waals surface area contributed by atoms with Crippen molar-refractivity contribution in [2.24, 2.45) is 10.8 Å². The van der Waals surface area contributed by atoms with Gasteiger partial charge in [0.05, 0.1) is 0 Å². The fraction of sp³-hybridized carbons (Fsp3) is 0.314. The van der Waals surface area contributed by atoms with Gasteiger partial charge in [-0.1, -0.05) is 113 Å². The van der Waals surface area contributed by atoms with Crippen LogP contribution in [0.4, 0.5) is 0 Å². The van der Waals surface area contributed by atoms with Crippen molar-refractivity contribution in [3.63, 3.8) is 0 Å². The van der Waals surface area contributed by atoms with Gasteiger partial charge in [0, 0.05) is 48.4 Å². The molecule has 6 nitrogen and oxygen atoms in total. The van der Waals surface area contributed by atoms with Crippen LogP contribution in [0.1, 0.15) is 38.8 Å². The molecule has 0 aromatic heterocycles. The predicted molar refractivity (Wildman–Crippen MR) is 170 cm³/mol. The van der Waals surface area contributed by atoms with E-state index in [-0.39, 0.29) is 10.8 Å². The van der Waals surface area contributed by atoms with E-state index in [1.807, 2.05) is 109 Å². The average molecular weight is 576 g/mol. The Morgan fingerprint density at radius 1 is 0.488 bits per heavy atom. The average Bonchev–Trinajstić information content (AvgIpc) is 3.02. The van der Waals surface area contributed by atoms with Gasteiger partial charge in [0.15, 0.2) is 0 Å². The first-order valence-corrected chi connectivity index (χ1v) is 14.9. The molecule has 0 radical (unpaired) electrons. The summed E-state index contributed by atoms with van der Waals surface area (Å²) in [5, 5.41) is 0. The minimum absolute atomic E-state index is 0.00737. The zero-order valence-corrected chi connectivity index (χ0v) is 25.3. The summed E-state index contributed by atoms with van der Waals surface area (Å²) in [7, 11) is -0.791. The fourth-order valence-electron chi connectivity index (χ4n) is 5.23. The van der Waals surface area contributed by atoms with E-state index in [0.717, 1.165) is 22.1 Å². The van der Waals surface area contributed by atoms with Crippen molar-refractivity contribution in [3.8, 4) is 11.5 Å². The van der Waals surface area contributed by atoms with Crippen LogP contribution >= 0.6 is 0 Å². The molecule has 2 saturated heterocycles. The maximum absolute atomic E-state index is 6.87. The number of hydrogen-bond donors (Lipinski definition) is 0. The highest BCUT2D eigenvalue weighted by molar-refractivity contribution is 6.61. The number of rotatable bonds is 8. The van der Waals surface area contributed by atoms with E-state index in [2.05, 4.69) is 27.7 Å². The Bertz CT molecular complexity index is 1340. The highest BCUT2D eigenvalue weighted by Crippen LogP contribution is 2.37. The second kappa shape index (κ2) is 12.2. The van der Waals surface area contributed by atoms with Crippen molar-refractivity contribution in [2.75, 3.05) is 26.4 Å². The highest BCUT2D eigenvalue weighted by Gasteiger charge is 2.41. The summed E-state index contributed by atoms with van der Waals surface area (Å²) in [4.78, 5) is 0. The van der Waals surface area contributed by atoms with Crippen LogP contribution in [0.25, 0.3) is 0 Å². The Morgan fingerprint density at radius 3 is 1.14 bits per heavy atom. The summed E-state index contributed by atoms with van der Waals surface area (Å²) < 4.78 is 37.7. The molecule has 4 aromatic rings. The molecular weight excluding hydrogens is 538 g/mol. The van der Waals surface area contributed by atoms with Crippen molar-refractivity contribution >= 4 is 25.2 Å². The van der Waals surface area contributed by atoms with E-state index in [4.69, 9.17) is 28.1 Å². The summed E-state index contributed by atoms with van der Waals surface area (Å²) in [5.41, 5.74) is 3.62. The van der Waals surface area contributed by atoms with Gasteiger partial charge in [-0.05, 0) is 35.2 Å². The molecule has 0 N–H and O–H groups in total. The van der Waals surface area contributed by atoms with Crippen molar-refractivity contribution in [1.29, 1.82) is 0 Å². The Morgan fingerprint density at radius 2 is 0.814 bits per heavy atom. The molecule has 0 bridgehead atoms. The molecule has 8 heteroatoms. The molecule has 43 heavy (non-hydrogen) atoms. The molecular formula is C35H38B2O6. The first kappa shape index (κ1) is 29.5. The quantitative estimate of drug-likeness (QED) is 0.202. The van der Waals surface area contributed by atoms with Crippen LogP contribution in [0.5, 0.6) is 11.5 Å². The monoisotopic (exact) mass is 576 g/mol. The standard InChI is InChI=1S/C35H38B2O6/c1-33(2)23-38-36(39-24-33)29-15-19-31(20-16-29)42-35(27-11-7-5-8-12-27,28-13-9-6-10-14-28)43-32-21-17-30(18-22-32)37-40-25-34(3,4)26-41-37/h5-22H,23-26H2,1-4H3. The minimum atomic E-state index is -1.27. The van der Waals surface area contributed by atoms with Gasteiger partial charge in [0.2, 0.25) is 0 Å². The van der Waals surface area contributed by atoms with Gasteiger partial charge in [0.25, 0.3) is 0 Å².